The molecule has 0 atom stereocenters. The lowest BCUT2D eigenvalue weighted by molar-refractivity contribution is 0.415. The van der Waals surface area contributed by atoms with Gasteiger partial charge in [0.15, 0.2) is 0 Å². The van der Waals surface area contributed by atoms with Crippen LogP contribution in [0.4, 0.5) is 11.6 Å². The third kappa shape index (κ3) is 4.85. The lowest BCUT2D eigenvalue weighted by Gasteiger charge is -2.36. The number of piperazine rings is 1. The second-order valence-electron chi connectivity index (χ2n) is 8.62. The molecule has 0 bridgehead atoms. The first-order chi connectivity index (χ1) is 17.3. The highest BCUT2D eigenvalue weighted by molar-refractivity contribution is 9.10. The number of methoxy groups -OCH3 is 1. The molecule has 0 spiro atoms. The maximum absolute atomic E-state index is 13.7. The van der Waals surface area contributed by atoms with E-state index in [1.165, 1.54) is 0 Å². The van der Waals surface area contributed by atoms with Crippen molar-refractivity contribution in [1.82, 2.24) is 4.98 Å². The van der Waals surface area contributed by atoms with Gasteiger partial charge >= 0.3 is 0 Å². The number of sulfone groups is 1. The van der Waals surface area contributed by atoms with E-state index in [0.717, 1.165) is 27.0 Å². The van der Waals surface area contributed by atoms with Gasteiger partial charge in [0.2, 0.25) is 26.6 Å². The van der Waals surface area contributed by atoms with Gasteiger partial charge in [0.1, 0.15) is 5.75 Å². The fraction of sp³-hybridized carbons (Fsp3) is 0.222. The van der Waals surface area contributed by atoms with Crippen molar-refractivity contribution in [1.29, 1.82) is 0 Å². The molecule has 36 heavy (non-hydrogen) atoms. The highest BCUT2D eigenvalue weighted by atomic mass is 79.9. The zero-order valence-corrected chi connectivity index (χ0v) is 22.4. The maximum atomic E-state index is 13.7. The van der Waals surface area contributed by atoms with Gasteiger partial charge in [-0.05, 0) is 67.6 Å². The Hall–Kier alpha value is -3.30. The maximum Gasteiger partial charge on any atom is 0.236 e. The number of anilines is 2. The first-order valence-corrected chi connectivity index (χ1v) is 13.9. The van der Waals surface area contributed by atoms with Crippen molar-refractivity contribution in [2.75, 3.05) is 43.1 Å². The minimum atomic E-state index is -3.90. The summed E-state index contributed by atoms with van der Waals surface area (Å²) in [6, 6.07) is 22.2. The second-order valence-corrected chi connectivity index (χ2v) is 11.4. The Kier molecular flexibility index (Phi) is 6.77. The van der Waals surface area contributed by atoms with Gasteiger partial charge in [-0.3, -0.25) is 0 Å². The van der Waals surface area contributed by atoms with E-state index < -0.39 is 9.84 Å². The molecule has 2 heterocycles. The molecule has 0 radical (unpaired) electrons. The molecule has 3 aromatic carbocycles. The van der Waals surface area contributed by atoms with Crippen molar-refractivity contribution in [3.05, 3.63) is 82.8 Å². The van der Waals surface area contributed by atoms with Crippen LogP contribution in [0, 0.1) is 6.92 Å². The Bertz CT molecular complexity index is 1440. The van der Waals surface area contributed by atoms with E-state index in [1.54, 1.807) is 31.4 Å². The fourth-order valence-corrected chi connectivity index (χ4v) is 5.76. The van der Waals surface area contributed by atoms with Crippen LogP contribution in [0.25, 0.3) is 11.5 Å². The van der Waals surface area contributed by atoms with Crippen molar-refractivity contribution >= 4 is 37.3 Å². The Morgan fingerprint density at radius 2 is 1.47 bits per heavy atom. The topological polar surface area (TPSA) is 75.9 Å². The number of rotatable bonds is 6. The molecular weight excluding hydrogens is 542 g/mol. The van der Waals surface area contributed by atoms with Gasteiger partial charge in [-0.25, -0.2) is 8.42 Å². The van der Waals surface area contributed by atoms with Crippen molar-refractivity contribution in [2.45, 2.75) is 16.8 Å². The first-order valence-electron chi connectivity index (χ1n) is 11.6. The van der Waals surface area contributed by atoms with E-state index >= 15 is 0 Å². The van der Waals surface area contributed by atoms with Gasteiger partial charge < -0.3 is 19.0 Å². The largest absolute Gasteiger partial charge is 0.497 e. The lowest BCUT2D eigenvalue weighted by atomic mass is 10.1. The number of aryl methyl sites for hydroxylation is 1. The first kappa shape index (κ1) is 24.4. The number of hydrogen-bond acceptors (Lipinski definition) is 7. The average molecular weight is 568 g/mol. The van der Waals surface area contributed by atoms with Crippen molar-refractivity contribution in [2.24, 2.45) is 0 Å². The Labute approximate surface area is 219 Å². The van der Waals surface area contributed by atoms with Gasteiger partial charge in [0, 0.05) is 41.9 Å². The molecule has 1 aliphatic heterocycles. The molecule has 186 valence electrons. The molecule has 0 saturated carbocycles. The molecule has 9 heteroatoms. The molecule has 7 nitrogen and oxygen atoms in total. The standard InChI is InChI=1S/C27H26BrN3O4S/c1-19-3-5-20(6-4-19)25-29-26(36(32,33)24-13-7-21(28)8-14-24)27(35-25)31-17-15-30(16-18-31)22-9-11-23(34-2)12-10-22/h3-14H,15-18H2,1-2H3. The van der Waals surface area contributed by atoms with E-state index in [2.05, 4.69) is 25.8 Å². The minimum Gasteiger partial charge on any atom is -0.497 e. The smallest absolute Gasteiger partial charge is 0.236 e. The van der Waals surface area contributed by atoms with Crippen LogP contribution in [0.1, 0.15) is 5.56 Å². The summed E-state index contributed by atoms with van der Waals surface area (Å²) >= 11 is 3.37. The van der Waals surface area contributed by atoms with Gasteiger partial charge in [0.05, 0.1) is 12.0 Å². The van der Waals surface area contributed by atoms with Gasteiger partial charge in [0.25, 0.3) is 0 Å². The monoisotopic (exact) mass is 567 g/mol. The molecule has 5 rings (SSSR count). The predicted octanol–water partition coefficient (Wildman–Crippen LogP) is 5.58. The summed E-state index contributed by atoms with van der Waals surface area (Å²) in [4.78, 5) is 8.92. The molecule has 0 aliphatic carbocycles. The molecule has 0 unspecified atom stereocenters. The van der Waals surface area contributed by atoms with Crippen LogP contribution in [0.2, 0.25) is 0 Å². The number of benzene rings is 3. The highest BCUT2D eigenvalue weighted by Gasteiger charge is 2.33. The molecule has 4 aromatic rings. The number of oxazole rings is 1. The summed E-state index contributed by atoms with van der Waals surface area (Å²) in [5, 5.41) is -0.0571. The van der Waals surface area contributed by atoms with Gasteiger partial charge in [-0.15, -0.1) is 0 Å². The number of ether oxygens (including phenoxy) is 1. The van der Waals surface area contributed by atoms with Gasteiger partial charge in [-0.2, -0.15) is 4.98 Å². The predicted molar refractivity (Wildman–Crippen MR) is 144 cm³/mol. The van der Waals surface area contributed by atoms with Crippen molar-refractivity contribution < 1.29 is 17.6 Å². The zero-order chi connectivity index (χ0) is 25.3. The molecule has 1 saturated heterocycles. The summed E-state index contributed by atoms with van der Waals surface area (Å²) in [7, 11) is -2.25. The fourth-order valence-electron chi connectivity index (χ4n) is 4.18. The summed E-state index contributed by atoms with van der Waals surface area (Å²) in [5.41, 5.74) is 2.93. The summed E-state index contributed by atoms with van der Waals surface area (Å²) in [6.07, 6.45) is 0. The van der Waals surface area contributed by atoms with E-state index in [9.17, 15) is 8.42 Å². The number of aromatic nitrogens is 1. The lowest BCUT2D eigenvalue weighted by Crippen LogP contribution is -2.46. The molecule has 1 fully saturated rings. The second kappa shape index (κ2) is 9.99. The Balaban J connectivity index is 1.48. The van der Waals surface area contributed by atoms with Crippen LogP contribution in [0.5, 0.6) is 5.75 Å². The van der Waals surface area contributed by atoms with Crippen LogP contribution < -0.4 is 14.5 Å². The number of halogens is 1. The van der Waals surface area contributed by atoms with Crippen molar-refractivity contribution in [3.8, 4) is 17.2 Å². The SMILES string of the molecule is COc1ccc(N2CCN(c3oc(-c4ccc(C)cc4)nc3S(=O)(=O)c3ccc(Br)cc3)CC2)cc1. The molecular formula is C27H26BrN3O4S. The minimum absolute atomic E-state index is 0.0571. The van der Waals surface area contributed by atoms with Crippen LogP contribution in [0.3, 0.4) is 0 Å². The number of hydrogen-bond donors (Lipinski definition) is 0. The van der Waals surface area contributed by atoms with Crippen LogP contribution in [-0.4, -0.2) is 46.7 Å². The molecule has 0 N–H and O–H groups in total. The summed E-state index contributed by atoms with van der Waals surface area (Å²) in [6.45, 7) is 4.61. The van der Waals surface area contributed by atoms with E-state index in [4.69, 9.17) is 9.15 Å². The van der Waals surface area contributed by atoms with Crippen LogP contribution >= 0.6 is 15.9 Å². The summed E-state index contributed by atoms with van der Waals surface area (Å²) < 4.78 is 39.6. The summed E-state index contributed by atoms with van der Waals surface area (Å²) in [5.74, 6) is 1.38. The molecule has 0 amide bonds. The highest BCUT2D eigenvalue weighted by Crippen LogP contribution is 2.36. The molecule has 1 aliphatic rings. The van der Waals surface area contributed by atoms with Crippen LogP contribution in [0.15, 0.2) is 91.6 Å². The van der Waals surface area contributed by atoms with Gasteiger partial charge in [-0.1, -0.05) is 33.6 Å². The Morgan fingerprint density at radius 3 is 2.08 bits per heavy atom. The Morgan fingerprint density at radius 1 is 0.861 bits per heavy atom. The zero-order valence-electron chi connectivity index (χ0n) is 20.0. The van der Waals surface area contributed by atoms with Crippen LogP contribution in [-0.2, 0) is 9.84 Å². The van der Waals surface area contributed by atoms with E-state index in [0.29, 0.717) is 32.1 Å². The third-order valence-electron chi connectivity index (χ3n) is 6.26. The van der Waals surface area contributed by atoms with E-state index in [-0.39, 0.29) is 15.8 Å². The quantitative estimate of drug-likeness (QED) is 0.301. The van der Waals surface area contributed by atoms with Crippen molar-refractivity contribution in [3.63, 3.8) is 0 Å². The normalized spacial score (nSPS) is 14.2. The number of nitrogens with zero attached hydrogens (tertiary/aromatic N) is 3. The average Bonchev–Trinajstić information content (AvgIpc) is 3.36. The third-order valence-corrected chi connectivity index (χ3v) is 8.46. The van der Waals surface area contributed by atoms with E-state index in [1.807, 2.05) is 60.4 Å². The molecule has 1 aromatic heterocycles.